The summed E-state index contributed by atoms with van der Waals surface area (Å²) < 4.78 is 0. The van der Waals surface area contributed by atoms with Crippen molar-refractivity contribution in [2.75, 3.05) is 6.54 Å². The summed E-state index contributed by atoms with van der Waals surface area (Å²) >= 11 is 0. The van der Waals surface area contributed by atoms with E-state index in [1.165, 1.54) is 44.1 Å². The van der Waals surface area contributed by atoms with Gasteiger partial charge in [-0.1, -0.05) is 56.4 Å². The molecule has 3 rings (SSSR count). The Labute approximate surface area is 188 Å². The van der Waals surface area contributed by atoms with Crippen LogP contribution in [0.25, 0.3) is 0 Å². The molecule has 0 bridgehead atoms. The molecular weight excluding hydrogens is 384 g/mol. The lowest BCUT2D eigenvalue weighted by Crippen LogP contribution is -2.18. The van der Waals surface area contributed by atoms with E-state index in [0.717, 1.165) is 38.8 Å². The molecule has 1 aromatic rings. The van der Waals surface area contributed by atoms with Crippen LogP contribution < -0.4 is 5.32 Å². The SMILES string of the molecule is CCCCC[C@H](O)/C=C/[C@@H]1[C@H]2CC(CCCCCNCc3ccncc3)=C[C@H]2C[C@H]1O. The summed E-state index contributed by atoms with van der Waals surface area (Å²) in [6.07, 6.45) is 20.8. The van der Waals surface area contributed by atoms with Gasteiger partial charge in [0.05, 0.1) is 12.2 Å². The molecule has 2 aliphatic rings. The van der Waals surface area contributed by atoms with Gasteiger partial charge < -0.3 is 15.5 Å². The van der Waals surface area contributed by atoms with E-state index in [1.807, 2.05) is 18.5 Å². The predicted molar refractivity (Wildman–Crippen MR) is 127 cm³/mol. The largest absolute Gasteiger partial charge is 0.392 e. The van der Waals surface area contributed by atoms with Gasteiger partial charge in [0.15, 0.2) is 0 Å². The number of hydrogen-bond donors (Lipinski definition) is 3. The molecule has 172 valence electrons. The fraction of sp³-hybridized carbons (Fsp3) is 0.667. The van der Waals surface area contributed by atoms with Gasteiger partial charge in [-0.05, 0) is 74.6 Å². The van der Waals surface area contributed by atoms with E-state index in [-0.39, 0.29) is 18.1 Å². The molecule has 0 aromatic carbocycles. The molecule has 1 saturated carbocycles. The number of allylic oxidation sites excluding steroid dienone is 2. The van der Waals surface area contributed by atoms with E-state index >= 15 is 0 Å². The number of hydrogen-bond acceptors (Lipinski definition) is 4. The third-order valence-electron chi connectivity index (χ3n) is 7.04. The maximum atomic E-state index is 10.5. The van der Waals surface area contributed by atoms with Gasteiger partial charge in [0, 0.05) is 24.9 Å². The highest BCUT2D eigenvalue weighted by Crippen LogP contribution is 2.48. The Hall–Kier alpha value is -1.49. The smallest absolute Gasteiger partial charge is 0.0721 e. The fourth-order valence-electron chi connectivity index (χ4n) is 5.26. The second-order valence-electron chi connectivity index (χ2n) is 9.53. The number of unbranched alkanes of at least 4 members (excludes halogenated alkanes) is 4. The lowest BCUT2D eigenvalue weighted by atomic mass is 9.88. The number of nitrogens with zero attached hydrogens (tertiary/aromatic N) is 1. The topological polar surface area (TPSA) is 65.4 Å². The van der Waals surface area contributed by atoms with E-state index in [4.69, 9.17) is 0 Å². The van der Waals surface area contributed by atoms with Crippen molar-refractivity contribution in [2.45, 2.75) is 89.9 Å². The first-order valence-corrected chi connectivity index (χ1v) is 12.5. The highest BCUT2D eigenvalue weighted by Gasteiger charge is 2.43. The van der Waals surface area contributed by atoms with Gasteiger partial charge in [-0.25, -0.2) is 0 Å². The van der Waals surface area contributed by atoms with Crippen LogP contribution in [0.3, 0.4) is 0 Å². The average molecular weight is 427 g/mol. The molecule has 0 spiro atoms. The van der Waals surface area contributed by atoms with Crippen LogP contribution in [0, 0.1) is 17.8 Å². The lowest BCUT2D eigenvalue weighted by Gasteiger charge is -2.19. The maximum absolute atomic E-state index is 10.5. The van der Waals surface area contributed by atoms with Gasteiger partial charge >= 0.3 is 0 Å². The molecule has 1 aromatic heterocycles. The van der Waals surface area contributed by atoms with Gasteiger partial charge in [0.25, 0.3) is 0 Å². The maximum Gasteiger partial charge on any atom is 0.0721 e. The summed E-state index contributed by atoms with van der Waals surface area (Å²) in [7, 11) is 0. The summed E-state index contributed by atoms with van der Waals surface area (Å²) in [5.74, 6) is 1.27. The molecule has 31 heavy (non-hydrogen) atoms. The highest BCUT2D eigenvalue weighted by molar-refractivity contribution is 5.21. The molecule has 0 amide bonds. The molecule has 0 unspecified atom stereocenters. The van der Waals surface area contributed by atoms with Crippen LogP contribution >= 0.6 is 0 Å². The van der Waals surface area contributed by atoms with E-state index in [9.17, 15) is 10.2 Å². The van der Waals surface area contributed by atoms with Crippen LogP contribution in [0.4, 0.5) is 0 Å². The van der Waals surface area contributed by atoms with Crippen molar-refractivity contribution in [3.05, 3.63) is 53.9 Å². The molecule has 1 fully saturated rings. The normalized spacial score (nSPS) is 26.4. The van der Waals surface area contributed by atoms with Gasteiger partial charge in [0.1, 0.15) is 0 Å². The predicted octanol–water partition coefficient (Wildman–Crippen LogP) is 5.17. The molecule has 4 heteroatoms. The van der Waals surface area contributed by atoms with E-state index in [1.54, 1.807) is 5.57 Å². The molecule has 1 heterocycles. The molecule has 0 aliphatic heterocycles. The third-order valence-corrected chi connectivity index (χ3v) is 7.04. The van der Waals surface area contributed by atoms with Crippen molar-refractivity contribution in [3.63, 3.8) is 0 Å². The van der Waals surface area contributed by atoms with E-state index in [0.29, 0.717) is 11.8 Å². The second kappa shape index (κ2) is 13.1. The number of fused-ring (bicyclic) bond motifs is 1. The van der Waals surface area contributed by atoms with Crippen LogP contribution in [0.2, 0.25) is 0 Å². The van der Waals surface area contributed by atoms with Crippen molar-refractivity contribution in [3.8, 4) is 0 Å². The molecule has 0 saturated heterocycles. The summed E-state index contributed by atoms with van der Waals surface area (Å²) in [5.41, 5.74) is 2.88. The molecule has 3 N–H and O–H groups in total. The van der Waals surface area contributed by atoms with Crippen LogP contribution in [0.15, 0.2) is 48.3 Å². The Morgan fingerprint density at radius 3 is 2.81 bits per heavy atom. The zero-order chi connectivity index (χ0) is 21.9. The van der Waals surface area contributed by atoms with Gasteiger partial charge in [-0.15, -0.1) is 0 Å². The number of nitrogens with one attached hydrogen (secondary N) is 1. The lowest BCUT2D eigenvalue weighted by molar-refractivity contribution is 0.139. The summed E-state index contributed by atoms with van der Waals surface area (Å²) in [6, 6.07) is 4.12. The van der Waals surface area contributed by atoms with Crippen LogP contribution in [-0.4, -0.2) is 33.9 Å². The first kappa shape index (κ1) is 24.2. The number of rotatable bonds is 14. The van der Waals surface area contributed by atoms with Crippen LogP contribution in [-0.2, 0) is 6.54 Å². The third kappa shape index (κ3) is 7.85. The van der Waals surface area contributed by atoms with Crippen molar-refractivity contribution in [1.82, 2.24) is 10.3 Å². The van der Waals surface area contributed by atoms with E-state index in [2.05, 4.69) is 41.5 Å². The standard InChI is InChI=1S/C27H42N2O2/c1-2-3-5-9-24(30)10-11-25-26-18-22(17-23(26)19-27(25)31)8-6-4-7-14-29-20-21-12-15-28-16-13-21/h10-13,15-17,23-27,29-31H,2-9,14,18-20H2,1H3/b11-10+/t23-,24-,25+,26-,27+/m0/s1. The van der Waals surface area contributed by atoms with Crippen molar-refractivity contribution in [1.29, 1.82) is 0 Å². The summed E-state index contributed by atoms with van der Waals surface area (Å²) in [4.78, 5) is 4.05. The monoisotopic (exact) mass is 426 g/mol. The average Bonchev–Trinajstić information content (AvgIpc) is 3.28. The number of aliphatic hydroxyl groups excluding tert-OH is 2. The molecule has 0 radical (unpaired) electrons. The number of pyridine rings is 1. The van der Waals surface area contributed by atoms with Crippen molar-refractivity contribution in [2.24, 2.45) is 17.8 Å². The minimum Gasteiger partial charge on any atom is -0.392 e. The van der Waals surface area contributed by atoms with Gasteiger partial charge in [-0.3, -0.25) is 4.98 Å². The fourth-order valence-corrected chi connectivity index (χ4v) is 5.26. The molecule has 5 atom stereocenters. The zero-order valence-corrected chi connectivity index (χ0v) is 19.3. The Morgan fingerprint density at radius 2 is 2.00 bits per heavy atom. The van der Waals surface area contributed by atoms with Crippen molar-refractivity contribution < 1.29 is 10.2 Å². The van der Waals surface area contributed by atoms with E-state index < -0.39 is 0 Å². The minimum absolute atomic E-state index is 0.206. The first-order chi connectivity index (χ1) is 15.2. The van der Waals surface area contributed by atoms with Gasteiger partial charge in [-0.2, -0.15) is 0 Å². The summed E-state index contributed by atoms with van der Waals surface area (Å²) in [5, 5.41) is 24.2. The number of aliphatic hydroxyl groups is 2. The zero-order valence-electron chi connectivity index (χ0n) is 19.3. The quantitative estimate of drug-likeness (QED) is 0.284. The Bertz CT molecular complexity index is 688. The van der Waals surface area contributed by atoms with Gasteiger partial charge in [0.2, 0.25) is 0 Å². The van der Waals surface area contributed by atoms with Crippen LogP contribution in [0.5, 0.6) is 0 Å². The Kier molecular flexibility index (Phi) is 10.2. The Balaban J connectivity index is 1.31. The Morgan fingerprint density at radius 1 is 1.16 bits per heavy atom. The molecule has 4 nitrogen and oxygen atoms in total. The van der Waals surface area contributed by atoms with Crippen molar-refractivity contribution >= 4 is 0 Å². The first-order valence-electron chi connectivity index (χ1n) is 12.5. The highest BCUT2D eigenvalue weighted by atomic mass is 16.3. The second-order valence-corrected chi connectivity index (χ2v) is 9.53. The molecular formula is C27H42N2O2. The van der Waals surface area contributed by atoms with Crippen LogP contribution in [0.1, 0.15) is 76.7 Å². The number of aromatic nitrogens is 1. The summed E-state index contributed by atoms with van der Waals surface area (Å²) in [6.45, 7) is 4.16. The molecule has 2 aliphatic carbocycles. The minimum atomic E-state index is -0.362.